The number of hydrogen-bond acceptors (Lipinski definition) is 2. The van der Waals surface area contributed by atoms with Crippen LogP contribution in [0.3, 0.4) is 0 Å². The Labute approximate surface area is 109 Å². The van der Waals surface area contributed by atoms with Crippen LogP contribution in [0.2, 0.25) is 0 Å². The molecule has 0 heterocycles. The van der Waals surface area contributed by atoms with Crippen LogP contribution in [0.5, 0.6) is 0 Å². The van der Waals surface area contributed by atoms with Crippen molar-refractivity contribution in [3.8, 4) is 0 Å². The quantitative estimate of drug-likeness (QED) is 0.805. The number of carbonyl (C=O) groups excluding carboxylic acids is 1. The molecule has 0 saturated heterocycles. The molecule has 1 aromatic carbocycles. The number of hydrogen-bond donors (Lipinski definition) is 2. The summed E-state index contributed by atoms with van der Waals surface area (Å²) >= 11 is 0. The van der Waals surface area contributed by atoms with Crippen LogP contribution >= 0.6 is 0 Å². The third-order valence-electron chi connectivity index (χ3n) is 3.72. The molecule has 1 atom stereocenters. The van der Waals surface area contributed by atoms with Crippen molar-refractivity contribution in [2.45, 2.75) is 38.6 Å². The summed E-state index contributed by atoms with van der Waals surface area (Å²) < 4.78 is 0. The third kappa shape index (κ3) is 3.84. The maximum Gasteiger partial charge on any atom is 0.236 e. The zero-order chi connectivity index (χ0) is 13.0. The summed E-state index contributed by atoms with van der Waals surface area (Å²) in [6, 6.07) is 9.75. The highest BCUT2D eigenvalue weighted by atomic mass is 16.2. The topological polar surface area (TPSA) is 55.1 Å². The number of benzene rings is 1. The lowest BCUT2D eigenvalue weighted by Crippen LogP contribution is -2.42. The van der Waals surface area contributed by atoms with Crippen LogP contribution in [0, 0.1) is 5.41 Å². The summed E-state index contributed by atoms with van der Waals surface area (Å²) in [4.78, 5) is 11.8. The van der Waals surface area contributed by atoms with Crippen LogP contribution in [-0.2, 0) is 11.2 Å². The second kappa shape index (κ2) is 5.53. The van der Waals surface area contributed by atoms with Crippen LogP contribution in [-0.4, -0.2) is 18.5 Å². The van der Waals surface area contributed by atoms with Crippen molar-refractivity contribution in [1.29, 1.82) is 0 Å². The van der Waals surface area contributed by atoms with Crippen molar-refractivity contribution in [1.82, 2.24) is 5.32 Å². The smallest absolute Gasteiger partial charge is 0.236 e. The number of rotatable bonds is 6. The molecule has 1 aliphatic rings. The van der Waals surface area contributed by atoms with Crippen LogP contribution in [0.15, 0.2) is 30.3 Å². The van der Waals surface area contributed by atoms with Gasteiger partial charge in [-0.25, -0.2) is 0 Å². The molecule has 1 fully saturated rings. The van der Waals surface area contributed by atoms with E-state index in [0.717, 1.165) is 13.0 Å². The number of carbonyl (C=O) groups is 1. The van der Waals surface area contributed by atoms with E-state index in [-0.39, 0.29) is 5.91 Å². The van der Waals surface area contributed by atoms with E-state index in [1.165, 1.54) is 18.4 Å². The fourth-order valence-corrected chi connectivity index (χ4v) is 1.92. The highest BCUT2D eigenvalue weighted by molar-refractivity contribution is 5.81. The van der Waals surface area contributed by atoms with Crippen LogP contribution < -0.4 is 11.1 Å². The predicted molar refractivity (Wildman–Crippen MR) is 73.1 cm³/mol. The van der Waals surface area contributed by atoms with Gasteiger partial charge in [0.15, 0.2) is 0 Å². The summed E-state index contributed by atoms with van der Waals surface area (Å²) in [5, 5.41) is 2.96. The first kappa shape index (κ1) is 13.1. The number of nitrogens with one attached hydrogen (secondary N) is 1. The molecular formula is C15H22N2O. The maximum atomic E-state index is 11.8. The molecule has 3 N–H and O–H groups in total. The fraction of sp³-hybridized carbons (Fsp3) is 0.533. The van der Waals surface area contributed by atoms with Gasteiger partial charge in [-0.05, 0) is 36.7 Å². The largest absolute Gasteiger partial charge is 0.354 e. The van der Waals surface area contributed by atoms with Crippen LogP contribution in [0.4, 0.5) is 0 Å². The number of nitrogens with two attached hydrogens (primary N) is 1. The van der Waals surface area contributed by atoms with Gasteiger partial charge in [-0.1, -0.05) is 37.3 Å². The Morgan fingerprint density at radius 3 is 2.67 bits per heavy atom. The van der Waals surface area contributed by atoms with Crippen molar-refractivity contribution in [3.05, 3.63) is 35.9 Å². The van der Waals surface area contributed by atoms with E-state index in [4.69, 9.17) is 5.73 Å². The molecule has 1 aliphatic carbocycles. The molecule has 0 bridgehead atoms. The first-order valence-electron chi connectivity index (χ1n) is 6.66. The lowest BCUT2D eigenvalue weighted by atomic mass is 10.0. The van der Waals surface area contributed by atoms with E-state index in [9.17, 15) is 4.79 Å². The average Bonchev–Trinajstić information content (AvgIpc) is 3.13. The molecular weight excluding hydrogens is 224 g/mol. The van der Waals surface area contributed by atoms with Crippen molar-refractivity contribution in [3.63, 3.8) is 0 Å². The van der Waals surface area contributed by atoms with Gasteiger partial charge >= 0.3 is 0 Å². The van der Waals surface area contributed by atoms with Gasteiger partial charge in [-0.3, -0.25) is 4.79 Å². The van der Waals surface area contributed by atoms with Gasteiger partial charge < -0.3 is 11.1 Å². The number of aryl methyl sites for hydroxylation is 1. The van der Waals surface area contributed by atoms with Crippen molar-refractivity contribution in [2.75, 3.05) is 6.54 Å². The molecule has 18 heavy (non-hydrogen) atoms. The molecule has 0 aromatic heterocycles. The van der Waals surface area contributed by atoms with Gasteiger partial charge in [0.2, 0.25) is 5.91 Å². The first-order valence-corrected chi connectivity index (χ1v) is 6.66. The monoisotopic (exact) mass is 246 g/mol. The lowest BCUT2D eigenvalue weighted by Gasteiger charge is -2.14. The lowest BCUT2D eigenvalue weighted by molar-refractivity contribution is -0.122. The summed E-state index contributed by atoms with van der Waals surface area (Å²) in [5.74, 6) is -0.0148. The summed E-state index contributed by atoms with van der Waals surface area (Å²) in [7, 11) is 0. The Bertz CT molecular complexity index is 398. The van der Waals surface area contributed by atoms with E-state index in [1.54, 1.807) is 0 Å². The van der Waals surface area contributed by atoms with Gasteiger partial charge in [-0.2, -0.15) is 0 Å². The van der Waals surface area contributed by atoms with E-state index < -0.39 is 6.04 Å². The molecule has 0 radical (unpaired) electrons. The van der Waals surface area contributed by atoms with E-state index in [1.807, 2.05) is 18.2 Å². The van der Waals surface area contributed by atoms with E-state index in [2.05, 4.69) is 24.4 Å². The molecule has 1 saturated carbocycles. The SMILES string of the molecule is CC1(CNC(=O)C(N)CCc2ccccc2)CC1. The summed E-state index contributed by atoms with van der Waals surface area (Å²) in [6.45, 7) is 2.97. The molecule has 1 amide bonds. The van der Waals surface area contributed by atoms with Crippen LogP contribution in [0.1, 0.15) is 31.7 Å². The van der Waals surface area contributed by atoms with Gasteiger partial charge in [0.25, 0.3) is 0 Å². The molecule has 1 unspecified atom stereocenters. The van der Waals surface area contributed by atoms with Crippen LogP contribution in [0.25, 0.3) is 0 Å². The molecule has 0 aliphatic heterocycles. The van der Waals surface area contributed by atoms with Crippen molar-refractivity contribution < 1.29 is 4.79 Å². The predicted octanol–water partition coefficient (Wildman–Crippen LogP) is 1.86. The Kier molecular flexibility index (Phi) is 4.02. The third-order valence-corrected chi connectivity index (χ3v) is 3.72. The summed E-state index contributed by atoms with van der Waals surface area (Å²) in [5.41, 5.74) is 7.48. The van der Waals surface area contributed by atoms with Gasteiger partial charge in [-0.15, -0.1) is 0 Å². The molecule has 1 aromatic rings. The Morgan fingerprint density at radius 1 is 1.39 bits per heavy atom. The van der Waals surface area contributed by atoms with E-state index in [0.29, 0.717) is 11.8 Å². The fourth-order valence-electron chi connectivity index (χ4n) is 1.92. The van der Waals surface area contributed by atoms with Gasteiger partial charge in [0.05, 0.1) is 6.04 Å². The zero-order valence-corrected chi connectivity index (χ0v) is 11.0. The zero-order valence-electron chi connectivity index (χ0n) is 11.0. The Balaban J connectivity index is 1.70. The Hall–Kier alpha value is -1.35. The molecule has 2 rings (SSSR count). The van der Waals surface area contributed by atoms with Crippen molar-refractivity contribution >= 4 is 5.91 Å². The van der Waals surface area contributed by atoms with Crippen molar-refractivity contribution in [2.24, 2.45) is 11.1 Å². The number of amides is 1. The van der Waals surface area contributed by atoms with Gasteiger partial charge in [0.1, 0.15) is 0 Å². The highest BCUT2D eigenvalue weighted by Crippen LogP contribution is 2.43. The molecule has 0 spiro atoms. The molecule has 3 heteroatoms. The van der Waals surface area contributed by atoms with Gasteiger partial charge in [0, 0.05) is 6.54 Å². The molecule has 98 valence electrons. The second-order valence-corrected chi connectivity index (χ2v) is 5.66. The highest BCUT2D eigenvalue weighted by Gasteiger charge is 2.37. The normalized spacial score (nSPS) is 18.1. The standard InChI is InChI=1S/C15H22N2O/c1-15(9-10-15)11-17-14(18)13(16)8-7-12-5-3-2-4-6-12/h2-6,13H,7-11,16H2,1H3,(H,17,18). The molecule has 3 nitrogen and oxygen atoms in total. The average molecular weight is 246 g/mol. The second-order valence-electron chi connectivity index (χ2n) is 5.66. The minimum Gasteiger partial charge on any atom is -0.354 e. The maximum absolute atomic E-state index is 11.8. The minimum absolute atomic E-state index is 0.0148. The Morgan fingerprint density at radius 2 is 2.06 bits per heavy atom. The summed E-state index contributed by atoms with van der Waals surface area (Å²) in [6.07, 6.45) is 3.98. The minimum atomic E-state index is -0.396. The van der Waals surface area contributed by atoms with E-state index >= 15 is 0 Å². The first-order chi connectivity index (χ1) is 8.59.